The normalized spacial score (nSPS) is 18.9. The first kappa shape index (κ1) is 13.2. The van der Waals surface area contributed by atoms with E-state index in [2.05, 4.69) is 0 Å². The van der Waals surface area contributed by atoms with Crippen LogP contribution in [0.2, 0.25) is 0 Å². The maximum absolute atomic E-state index is 13.7. The number of rotatable bonds is 4. The van der Waals surface area contributed by atoms with E-state index < -0.39 is 0 Å². The molecule has 0 saturated carbocycles. The molecule has 18 heavy (non-hydrogen) atoms. The minimum absolute atomic E-state index is 0.0841. The third-order valence-electron chi connectivity index (χ3n) is 3.16. The molecule has 98 valence electrons. The molecule has 0 aliphatic carbocycles. The summed E-state index contributed by atoms with van der Waals surface area (Å²) in [5, 5.41) is 0. The molecule has 1 atom stereocenters. The van der Waals surface area contributed by atoms with Gasteiger partial charge in [-0.05, 0) is 31.0 Å². The van der Waals surface area contributed by atoms with E-state index >= 15 is 0 Å². The minimum atomic E-state index is -0.376. The van der Waals surface area contributed by atoms with Crippen LogP contribution >= 0.6 is 12.2 Å². The van der Waals surface area contributed by atoms with Crippen molar-refractivity contribution in [3.05, 3.63) is 29.6 Å². The number of hydrogen-bond acceptors (Lipinski definition) is 3. The summed E-state index contributed by atoms with van der Waals surface area (Å²) >= 11 is 4.78. The first-order valence-electron chi connectivity index (χ1n) is 6.00. The Morgan fingerprint density at radius 1 is 1.61 bits per heavy atom. The molecule has 2 rings (SSSR count). The highest BCUT2D eigenvalue weighted by atomic mass is 32.1. The molecule has 1 aliphatic heterocycles. The van der Waals surface area contributed by atoms with E-state index in [9.17, 15) is 4.39 Å². The predicted octanol–water partition coefficient (Wildman–Crippen LogP) is 2.08. The summed E-state index contributed by atoms with van der Waals surface area (Å²) in [5.41, 5.74) is 6.53. The van der Waals surface area contributed by atoms with Crippen molar-refractivity contribution in [3.63, 3.8) is 0 Å². The highest BCUT2D eigenvalue weighted by Crippen LogP contribution is 2.20. The summed E-state index contributed by atoms with van der Waals surface area (Å²) in [5.74, 6) is -0.376. The van der Waals surface area contributed by atoms with Gasteiger partial charge in [-0.15, -0.1) is 0 Å². The number of hydrogen-bond donors (Lipinski definition) is 1. The molecule has 1 aromatic rings. The molecular formula is C13H17FN2OS. The van der Waals surface area contributed by atoms with Crippen molar-refractivity contribution in [1.29, 1.82) is 0 Å². The Balaban J connectivity index is 2.08. The molecule has 1 heterocycles. The smallest absolute Gasteiger partial charge is 0.135 e. The first-order chi connectivity index (χ1) is 8.58. The van der Waals surface area contributed by atoms with Crippen LogP contribution in [0.3, 0.4) is 0 Å². The van der Waals surface area contributed by atoms with E-state index in [4.69, 9.17) is 22.7 Å². The Kier molecular flexibility index (Phi) is 4.14. The third-order valence-corrected chi connectivity index (χ3v) is 3.38. The molecule has 1 fully saturated rings. The lowest BCUT2D eigenvalue weighted by Gasteiger charge is -2.23. The fourth-order valence-corrected chi connectivity index (χ4v) is 2.31. The highest BCUT2D eigenvalue weighted by molar-refractivity contribution is 7.80. The predicted molar refractivity (Wildman–Crippen MR) is 74.5 cm³/mol. The lowest BCUT2D eigenvalue weighted by atomic mass is 10.1. The van der Waals surface area contributed by atoms with Gasteiger partial charge in [0.2, 0.25) is 0 Å². The van der Waals surface area contributed by atoms with E-state index in [0.717, 1.165) is 31.7 Å². The number of ether oxygens (including phenoxy) is 1. The molecule has 3 nitrogen and oxygen atoms in total. The molecule has 1 aliphatic rings. The average Bonchev–Trinajstić information content (AvgIpc) is 2.81. The Morgan fingerprint density at radius 3 is 2.94 bits per heavy atom. The number of thiocarbonyl (C=S) groups is 1. The van der Waals surface area contributed by atoms with Crippen LogP contribution in [0.1, 0.15) is 18.4 Å². The van der Waals surface area contributed by atoms with E-state index in [0.29, 0.717) is 5.56 Å². The van der Waals surface area contributed by atoms with Gasteiger partial charge in [-0.2, -0.15) is 0 Å². The van der Waals surface area contributed by atoms with E-state index in [1.807, 2.05) is 18.0 Å². The molecule has 0 spiro atoms. The standard InChI is InChI=1S/C13H17FN2OS/c1-16(8-10-3-2-6-17-10)9-4-5-11(13(15)18)12(14)7-9/h4-5,7,10H,2-3,6,8H2,1H3,(H2,15,18). The Hall–Kier alpha value is -1.20. The lowest BCUT2D eigenvalue weighted by molar-refractivity contribution is 0.116. The molecule has 0 amide bonds. The molecule has 1 saturated heterocycles. The number of benzene rings is 1. The van der Waals surface area contributed by atoms with Crippen LogP contribution in [-0.4, -0.2) is 31.3 Å². The summed E-state index contributed by atoms with van der Waals surface area (Å²) in [7, 11) is 1.93. The van der Waals surface area contributed by atoms with Gasteiger partial charge in [-0.3, -0.25) is 0 Å². The van der Waals surface area contributed by atoms with Gasteiger partial charge in [0.15, 0.2) is 0 Å². The zero-order valence-corrected chi connectivity index (χ0v) is 11.2. The van der Waals surface area contributed by atoms with Crippen LogP contribution < -0.4 is 10.6 Å². The number of nitrogens with two attached hydrogens (primary N) is 1. The number of halogens is 1. The fourth-order valence-electron chi connectivity index (χ4n) is 2.14. The number of nitrogens with zero attached hydrogens (tertiary/aromatic N) is 1. The van der Waals surface area contributed by atoms with Crippen molar-refractivity contribution in [1.82, 2.24) is 0 Å². The topological polar surface area (TPSA) is 38.5 Å². The van der Waals surface area contributed by atoms with Gasteiger partial charge in [0.1, 0.15) is 10.8 Å². The zero-order valence-electron chi connectivity index (χ0n) is 10.4. The van der Waals surface area contributed by atoms with E-state index in [-0.39, 0.29) is 16.9 Å². The molecule has 0 radical (unpaired) electrons. The van der Waals surface area contributed by atoms with Crippen LogP contribution in [0.5, 0.6) is 0 Å². The fraction of sp³-hybridized carbons (Fsp3) is 0.462. The summed E-state index contributed by atoms with van der Waals surface area (Å²) < 4.78 is 19.3. The van der Waals surface area contributed by atoms with E-state index in [1.54, 1.807) is 6.07 Å². The summed E-state index contributed by atoms with van der Waals surface area (Å²) in [6.45, 7) is 1.60. The van der Waals surface area contributed by atoms with Crippen molar-refractivity contribution in [2.75, 3.05) is 25.1 Å². The highest BCUT2D eigenvalue weighted by Gasteiger charge is 2.18. The lowest BCUT2D eigenvalue weighted by Crippen LogP contribution is -2.28. The minimum Gasteiger partial charge on any atom is -0.389 e. The van der Waals surface area contributed by atoms with Crippen molar-refractivity contribution < 1.29 is 9.13 Å². The summed E-state index contributed by atoms with van der Waals surface area (Å²) in [6.07, 6.45) is 2.42. The van der Waals surface area contributed by atoms with Crippen LogP contribution in [-0.2, 0) is 4.74 Å². The second-order valence-corrected chi connectivity index (χ2v) is 4.98. The summed E-state index contributed by atoms with van der Waals surface area (Å²) in [4.78, 5) is 2.07. The monoisotopic (exact) mass is 268 g/mol. The Labute approximate surface area is 112 Å². The summed E-state index contributed by atoms with van der Waals surface area (Å²) in [6, 6.07) is 4.91. The maximum atomic E-state index is 13.7. The Morgan fingerprint density at radius 2 is 2.39 bits per heavy atom. The van der Waals surface area contributed by atoms with Gasteiger partial charge in [-0.1, -0.05) is 12.2 Å². The molecule has 1 unspecified atom stereocenters. The Bertz CT molecular complexity index is 447. The first-order valence-corrected chi connectivity index (χ1v) is 6.41. The zero-order chi connectivity index (χ0) is 13.1. The third kappa shape index (κ3) is 2.97. The second kappa shape index (κ2) is 5.63. The molecular weight excluding hydrogens is 251 g/mol. The van der Waals surface area contributed by atoms with Crippen LogP contribution in [0.25, 0.3) is 0 Å². The SMILES string of the molecule is CN(CC1CCCO1)c1ccc(C(N)=S)c(F)c1. The maximum Gasteiger partial charge on any atom is 0.135 e. The van der Waals surface area contributed by atoms with Gasteiger partial charge >= 0.3 is 0 Å². The molecule has 0 bridgehead atoms. The van der Waals surface area contributed by atoms with Crippen molar-refractivity contribution in [3.8, 4) is 0 Å². The van der Waals surface area contributed by atoms with Gasteiger partial charge in [-0.25, -0.2) is 4.39 Å². The van der Waals surface area contributed by atoms with Gasteiger partial charge < -0.3 is 15.4 Å². The molecule has 5 heteroatoms. The van der Waals surface area contributed by atoms with Gasteiger partial charge in [0.25, 0.3) is 0 Å². The molecule has 2 N–H and O–H groups in total. The van der Waals surface area contributed by atoms with Gasteiger partial charge in [0.05, 0.1) is 6.10 Å². The van der Waals surface area contributed by atoms with Crippen molar-refractivity contribution >= 4 is 22.9 Å². The molecule has 0 aromatic heterocycles. The van der Waals surface area contributed by atoms with Crippen LogP contribution in [0.4, 0.5) is 10.1 Å². The van der Waals surface area contributed by atoms with Crippen LogP contribution in [0, 0.1) is 5.82 Å². The number of likely N-dealkylation sites (N-methyl/N-ethyl adjacent to an activating group) is 1. The van der Waals surface area contributed by atoms with Crippen molar-refractivity contribution in [2.45, 2.75) is 18.9 Å². The van der Waals surface area contributed by atoms with E-state index in [1.165, 1.54) is 6.07 Å². The van der Waals surface area contributed by atoms with Crippen LogP contribution in [0.15, 0.2) is 18.2 Å². The largest absolute Gasteiger partial charge is 0.389 e. The second-order valence-electron chi connectivity index (χ2n) is 4.54. The average molecular weight is 268 g/mol. The van der Waals surface area contributed by atoms with Crippen molar-refractivity contribution in [2.24, 2.45) is 5.73 Å². The number of anilines is 1. The van der Waals surface area contributed by atoms with Gasteiger partial charge in [0, 0.05) is 31.5 Å². The molecule has 1 aromatic carbocycles. The quantitative estimate of drug-likeness (QED) is 0.849.